The van der Waals surface area contributed by atoms with Crippen molar-refractivity contribution in [3.63, 3.8) is 0 Å². The lowest BCUT2D eigenvalue weighted by atomic mass is 9.68. The number of ether oxygens (including phenoxy) is 1. The fourth-order valence-electron chi connectivity index (χ4n) is 6.62. The number of anilines is 2. The number of carboxylic acid groups (broad SMARTS) is 1. The molecule has 0 bridgehead atoms. The largest absolute Gasteiger partial charge is 0.481 e. The van der Waals surface area contributed by atoms with Crippen molar-refractivity contribution in [2.45, 2.75) is 83.7 Å². The number of esters is 1. The van der Waals surface area contributed by atoms with Crippen LogP contribution >= 0.6 is 0 Å². The number of carboxylic acids is 1. The number of rotatable bonds is 8. The molecule has 3 aliphatic rings. The summed E-state index contributed by atoms with van der Waals surface area (Å²) in [6.07, 6.45) is 8.02. The second-order valence-corrected chi connectivity index (χ2v) is 11.0. The molecule has 0 aromatic heterocycles. The summed E-state index contributed by atoms with van der Waals surface area (Å²) >= 11 is 0. The van der Waals surface area contributed by atoms with Crippen molar-refractivity contribution in [1.29, 1.82) is 0 Å². The molecular formula is C28H43N3O4. The van der Waals surface area contributed by atoms with Gasteiger partial charge in [0, 0.05) is 43.1 Å². The first-order chi connectivity index (χ1) is 16.8. The van der Waals surface area contributed by atoms with Crippen LogP contribution in [-0.2, 0) is 14.3 Å². The van der Waals surface area contributed by atoms with Crippen molar-refractivity contribution in [3.8, 4) is 0 Å². The maximum atomic E-state index is 12.6. The van der Waals surface area contributed by atoms with Crippen LogP contribution in [0.4, 0.5) is 11.4 Å². The monoisotopic (exact) mass is 485 g/mol. The molecule has 1 aromatic carbocycles. The van der Waals surface area contributed by atoms with Crippen molar-refractivity contribution in [3.05, 3.63) is 23.8 Å². The van der Waals surface area contributed by atoms with Crippen LogP contribution in [0.2, 0.25) is 0 Å². The normalized spacial score (nSPS) is 28.1. The number of nitrogens with one attached hydrogen (secondary N) is 1. The SMILES string of the molecule is COC(=O)C1(CCNc2ccc(N3CCC(N4CCCC4C)CC3)cc2C)CCC(C(=O)O)CC1. The summed E-state index contributed by atoms with van der Waals surface area (Å²) in [5, 5.41) is 12.8. The van der Waals surface area contributed by atoms with Gasteiger partial charge >= 0.3 is 11.9 Å². The Labute approximate surface area is 210 Å². The lowest BCUT2D eigenvalue weighted by Crippen LogP contribution is -2.46. The minimum absolute atomic E-state index is 0.207. The zero-order chi connectivity index (χ0) is 25.0. The van der Waals surface area contributed by atoms with Crippen molar-refractivity contribution in [2.75, 3.05) is 43.5 Å². The highest BCUT2D eigenvalue weighted by atomic mass is 16.5. The number of hydrogen-bond acceptors (Lipinski definition) is 6. The molecule has 0 spiro atoms. The number of nitrogens with zero attached hydrogens (tertiary/aromatic N) is 2. The van der Waals surface area contributed by atoms with Crippen LogP contribution in [0.15, 0.2) is 18.2 Å². The number of likely N-dealkylation sites (tertiary alicyclic amines) is 1. The molecule has 0 amide bonds. The Kier molecular flexibility index (Phi) is 8.25. The summed E-state index contributed by atoms with van der Waals surface area (Å²) in [4.78, 5) is 29.2. The van der Waals surface area contributed by atoms with E-state index in [1.165, 1.54) is 50.6 Å². The van der Waals surface area contributed by atoms with E-state index in [2.05, 4.69) is 47.2 Å². The molecule has 2 saturated heterocycles. The highest BCUT2D eigenvalue weighted by molar-refractivity contribution is 5.78. The Bertz CT molecular complexity index is 888. The molecule has 2 N–H and O–H groups in total. The second kappa shape index (κ2) is 11.2. The summed E-state index contributed by atoms with van der Waals surface area (Å²) in [5.74, 6) is -1.31. The van der Waals surface area contributed by atoms with Crippen LogP contribution in [0, 0.1) is 18.3 Å². The highest BCUT2D eigenvalue weighted by Crippen LogP contribution is 2.43. The van der Waals surface area contributed by atoms with Gasteiger partial charge in [-0.25, -0.2) is 0 Å². The maximum Gasteiger partial charge on any atom is 0.311 e. The van der Waals surface area contributed by atoms with E-state index in [4.69, 9.17) is 4.74 Å². The van der Waals surface area contributed by atoms with Gasteiger partial charge in [0.25, 0.3) is 0 Å². The van der Waals surface area contributed by atoms with Crippen molar-refractivity contribution < 1.29 is 19.4 Å². The lowest BCUT2D eigenvalue weighted by Gasteiger charge is -2.39. The fraction of sp³-hybridized carbons (Fsp3) is 0.714. The number of carbonyl (C=O) groups is 2. The Hall–Kier alpha value is -2.28. The minimum Gasteiger partial charge on any atom is -0.481 e. The number of methoxy groups -OCH3 is 1. The van der Waals surface area contributed by atoms with Gasteiger partial charge in [-0.1, -0.05) is 0 Å². The van der Waals surface area contributed by atoms with E-state index >= 15 is 0 Å². The third-order valence-electron chi connectivity index (χ3n) is 8.94. The summed E-state index contributed by atoms with van der Waals surface area (Å²) in [6, 6.07) is 8.12. The molecule has 2 aliphatic heterocycles. The molecule has 35 heavy (non-hydrogen) atoms. The summed E-state index contributed by atoms with van der Waals surface area (Å²) in [7, 11) is 1.43. The molecule has 1 aliphatic carbocycles. The van der Waals surface area contributed by atoms with Crippen LogP contribution < -0.4 is 10.2 Å². The molecule has 7 nitrogen and oxygen atoms in total. The van der Waals surface area contributed by atoms with Crippen LogP contribution in [0.25, 0.3) is 0 Å². The molecule has 194 valence electrons. The number of piperidine rings is 1. The number of aryl methyl sites for hydroxylation is 1. The summed E-state index contributed by atoms with van der Waals surface area (Å²) in [6.45, 7) is 8.66. The minimum atomic E-state index is -0.757. The van der Waals surface area contributed by atoms with Gasteiger partial charge in [-0.15, -0.1) is 0 Å². The Morgan fingerprint density at radius 2 is 1.83 bits per heavy atom. The van der Waals surface area contributed by atoms with Crippen molar-refractivity contribution in [2.24, 2.45) is 11.3 Å². The van der Waals surface area contributed by atoms with E-state index in [-0.39, 0.29) is 11.9 Å². The third-order valence-corrected chi connectivity index (χ3v) is 8.94. The molecule has 1 aromatic rings. The van der Waals surface area contributed by atoms with E-state index in [0.29, 0.717) is 38.6 Å². The van der Waals surface area contributed by atoms with E-state index in [1.54, 1.807) is 0 Å². The zero-order valence-corrected chi connectivity index (χ0v) is 21.7. The van der Waals surface area contributed by atoms with Gasteiger partial charge in [0.05, 0.1) is 18.4 Å². The number of benzene rings is 1. The molecule has 2 heterocycles. The number of carbonyl (C=O) groups excluding carboxylic acids is 1. The average molecular weight is 486 g/mol. The van der Waals surface area contributed by atoms with Gasteiger partial charge in [-0.05, 0) is 102 Å². The molecular weight excluding hydrogens is 442 g/mol. The van der Waals surface area contributed by atoms with Crippen LogP contribution in [0.5, 0.6) is 0 Å². The van der Waals surface area contributed by atoms with Gasteiger partial charge < -0.3 is 20.1 Å². The maximum absolute atomic E-state index is 12.6. The average Bonchev–Trinajstić information content (AvgIpc) is 3.30. The van der Waals surface area contributed by atoms with Gasteiger partial charge in [-0.2, -0.15) is 0 Å². The van der Waals surface area contributed by atoms with E-state index in [1.807, 2.05) is 0 Å². The molecule has 4 rings (SSSR count). The smallest absolute Gasteiger partial charge is 0.311 e. The predicted molar refractivity (Wildman–Crippen MR) is 139 cm³/mol. The Morgan fingerprint density at radius 3 is 2.40 bits per heavy atom. The molecule has 1 unspecified atom stereocenters. The number of aliphatic carboxylic acids is 1. The standard InChI is InChI=1S/C28H43N3O4/c1-20-19-24(30-17-10-23(11-18-30)31-16-4-5-21(31)2)6-7-25(20)29-15-14-28(27(34)35-3)12-8-22(9-13-28)26(32)33/h6-7,19,21-23,29H,4-5,8-18H2,1-3H3,(H,32,33). The van der Waals surface area contributed by atoms with Crippen LogP contribution in [0.1, 0.15) is 70.3 Å². The van der Waals surface area contributed by atoms with E-state index in [0.717, 1.165) is 30.9 Å². The first-order valence-corrected chi connectivity index (χ1v) is 13.5. The third kappa shape index (κ3) is 5.76. The second-order valence-electron chi connectivity index (χ2n) is 11.0. The Balaban J connectivity index is 1.30. The predicted octanol–water partition coefficient (Wildman–Crippen LogP) is 4.68. The molecule has 0 radical (unpaired) electrons. The topological polar surface area (TPSA) is 82.1 Å². The summed E-state index contributed by atoms with van der Waals surface area (Å²) < 4.78 is 5.12. The fourth-order valence-corrected chi connectivity index (χ4v) is 6.62. The highest BCUT2D eigenvalue weighted by Gasteiger charge is 2.43. The van der Waals surface area contributed by atoms with Crippen molar-refractivity contribution >= 4 is 23.3 Å². The van der Waals surface area contributed by atoms with Gasteiger partial charge in [0.2, 0.25) is 0 Å². The molecule has 3 fully saturated rings. The quantitative estimate of drug-likeness (QED) is 0.517. The molecule has 1 saturated carbocycles. The zero-order valence-electron chi connectivity index (χ0n) is 21.7. The lowest BCUT2D eigenvalue weighted by molar-refractivity contribution is -0.158. The molecule has 7 heteroatoms. The van der Waals surface area contributed by atoms with Crippen LogP contribution in [-0.4, -0.2) is 67.3 Å². The number of hydrogen-bond donors (Lipinski definition) is 2. The van der Waals surface area contributed by atoms with Crippen LogP contribution in [0.3, 0.4) is 0 Å². The van der Waals surface area contributed by atoms with Gasteiger partial charge in [0.15, 0.2) is 0 Å². The Morgan fingerprint density at radius 1 is 1.11 bits per heavy atom. The summed E-state index contributed by atoms with van der Waals surface area (Å²) in [5.41, 5.74) is 3.01. The van der Waals surface area contributed by atoms with Crippen molar-refractivity contribution in [1.82, 2.24) is 4.90 Å². The van der Waals surface area contributed by atoms with E-state index < -0.39 is 11.4 Å². The first-order valence-electron chi connectivity index (χ1n) is 13.5. The van der Waals surface area contributed by atoms with Gasteiger partial charge in [0.1, 0.15) is 0 Å². The first kappa shape index (κ1) is 25.8. The van der Waals surface area contributed by atoms with Gasteiger partial charge in [-0.3, -0.25) is 14.5 Å². The molecule has 1 atom stereocenters. The van der Waals surface area contributed by atoms with E-state index in [9.17, 15) is 14.7 Å².